The van der Waals surface area contributed by atoms with E-state index in [-0.39, 0.29) is 0 Å². The zero-order chi connectivity index (χ0) is 18.6. The number of nitrogens with zero attached hydrogens (tertiary/aromatic N) is 5. The van der Waals surface area contributed by atoms with Crippen molar-refractivity contribution in [2.24, 2.45) is 7.05 Å². The summed E-state index contributed by atoms with van der Waals surface area (Å²) in [6.07, 6.45) is 9.03. The lowest BCUT2D eigenvalue weighted by atomic mass is 10.1. The highest BCUT2D eigenvalue weighted by atomic mass is 16.5. The molecule has 0 amide bonds. The van der Waals surface area contributed by atoms with Crippen molar-refractivity contribution in [2.75, 3.05) is 0 Å². The van der Waals surface area contributed by atoms with Crippen molar-refractivity contribution in [2.45, 2.75) is 13.5 Å². The predicted octanol–water partition coefficient (Wildman–Crippen LogP) is 3.83. The van der Waals surface area contributed by atoms with Crippen LogP contribution in [0.15, 0.2) is 67.4 Å². The van der Waals surface area contributed by atoms with Crippen molar-refractivity contribution < 1.29 is 4.74 Å². The van der Waals surface area contributed by atoms with E-state index in [4.69, 9.17) is 4.74 Å². The molecule has 0 fully saturated rings. The summed E-state index contributed by atoms with van der Waals surface area (Å²) in [5, 5.41) is 4.43. The second-order valence-corrected chi connectivity index (χ2v) is 6.29. The molecule has 0 aliphatic carbocycles. The first-order valence-corrected chi connectivity index (χ1v) is 8.64. The summed E-state index contributed by atoms with van der Waals surface area (Å²) < 4.78 is 7.73. The van der Waals surface area contributed by atoms with E-state index in [1.54, 1.807) is 29.5 Å². The maximum atomic E-state index is 5.98. The Morgan fingerprint density at radius 3 is 2.41 bits per heavy atom. The SMILES string of the molecule is Cc1cnc(-c2ccc(COc3nn(C)cc3-c3ccncc3)cc2)cn1. The number of aromatic nitrogens is 5. The van der Waals surface area contributed by atoms with Gasteiger partial charge in [0.2, 0.25) is 5.88 Å². The Hall–Kier alpha value is -3.54. The van der Waals surface area contributed by atoms with Gasteiger partial charge in [0.25, 0.3) is 0 Å². The van der Waals surface area contributed by atoms with Gasteiger partial charge in [-0.3, -0.25) is 19.6 Å². The highest BCUT2D eigenvalue weighted by Gasteiger charge is 2.11. The van der Waals surface area contributed by atoms with Gasteiger partial charge in [0.15, 0.2) is 0 Å². The largest absolute Gasteiger partial charge is 0.471 e. The minimum absolute atomic E-state index is 0.439. The van der Waals surface area contributed by atoms with Crippen LogP contribution in [0.1, 0.15) is 11.3 Å². The lowest BCUT2D eigenvalue weighted by molar-refractivity contribution is 0.292. The van der Waals surface area contributed by atoms with Gasteiger partial charge in [-0.05, 0) is 30.2 Å². The molecule has 3 heterocycles. The maximum absolute atomic E-state index is 5.98. The fourth-order valence-electron chi connectivity index (χ4n) is 2.77. The zero-order valence-corrected chi connectivity index (χ0v) is 15.2. The van der Waals surface area contributed by atoms with Gasteiger partial charge in [-0.15, -0.1) is 5.10 Å². The first kappa shape index (κ1) is 16.9. The number of rotatable bonds is 5. The fraction of sp³-hybridized carbons (Fsp3) is 0.143. The van der Waals surface area contributed by atoms with Crippen molar-refractivity contribution in [1.82, 2.24) is 24.7 Å². The van der Waals surface area contributed by atoms with Gasteiger partial charge < -0.3 is 4.74 Å². The standard InChI is InChI=1S/C21H19N5O/c1-15-11-24-20(12-23-15)18-5-3-16(4-6-18)14-27-21-19(13-26(2)25-21)17-7-9-22-10-8-17/h3-13H,14H2,1-2H3. The predicted molar refractivity (Wildman–Crippen MR) is 103 cm³/mol. The number of ether oxygens (including phenoxy) is 1. The summed E-state index contributed by atoms with van der Waals surface area (Å²) in [6, 6.07) is 12.0. The summed E-state index contributed by atoms with van der Waals surface area (Å²) in [5.74, 6) is 0.608. The van der Waals surface area contributed by atoms with Crippen LogP contribution < -0.4 is 4.74 Å². The smallest absolute Gasteiger partial charge is 0.241 e. The van der Waals surface area contributed by atoms with E-state index in [0.29, 0.717) is 12.5 Å². The van der Waals surface area contributed by atoms with Crippen LogP contribution in [0.5, 0.6) is 5.88 Å². The number of hydrogen-bond acceptors (Lipinski definition) is 5. The Morgan fingerprint density at radius 2 is 1.70 bits per heavy atom. The van der Waals surface area contributed by atoms with Crippen LogP contribution in [-0.2, 0) is 13.7 Å². The summed E-state index contributed by atoms with van der Waals surface area (Å²) in [6.45, 7) is 2.37. The van der Waals surface area contributed by atoms with Crippen molar-refractivity contribution >= 4 is 0 Å². The van der Waals surface area contributed by atoms with Crippen molar-refractivity contribution in [3.8, 4) is 28.3 Å². The first-order chi connectivity index (χ1) is 13.2. The first-order valence-electron chi connectivity index (χ1n) is 8.64. The van der Waals surface area contributed by atoms with E-state index >= 15 is 0 Å². The zero-order valence-electron chi connectivity index (χ0n) is 15.2. The molecule has 0 N–H and O–H groups in total. The molecular weight excluding hydrogens is 338 g/mol. The van der Waals surface area contributed by atoms with Crippen LogP contribution in [0.4, 0.5) is 0 Å². The highest BCUT2D eigenvalue weighted by Crippen LogP contribution is 2.28. The van der Waals surface area contributed by atoms with Gasteiger partial charge in [0.05, 0.1) is 23.1 Å². The second-order valence-electron chi connectivity index (χ2n) is 6.29. The molecule has 0 atom stereocenters. The molecule has 0 unspecified atom stereocenters. The molecule has 134 valence electrons. The minimum Gasteiger partial charge on any atom is -0.471 e. The average Bonchev–Trinajstić information content (AvgIpc) is 3.09. The van der Waals surface area contributed by atoms with E-state index in [1.165, 1.54) is 0 Å². The molecule has 0 aliphatic heterocycles. The van der Waals surface area contributed by atoms with Crippen molar-refractivity contribution in [3.63, 3.8) is 0 Å². The molecule has 3 aromatic heterocycles. The topological polar surface area (TPSA) is 65.7 Å². The number of aryl methyl sites for hydroxylation is 2. The van der Waals surface area contributed by atoms with Gasteiger partial charge in [0, 0.05) is 37.4 Å². The van der Waals surface area contributed by atoms with Crippen LogP contribution in [0.2, 0.25) is 0 Å². The van der Waals surface area contributed by atoms with Crippen LogP contribution in [-0.4, -0.2) is 24.7 Å². The summed E-state index contributed by atoms with van der Waals surface area (Å²) in [4.78, 5) is 12.8. The Bertz CT molecular complexity index is 1020. The van der Waals surface area contributed by atoms with E-state index < -0.39 is 0 Å². The summed E-state index contributed by atoms with van der Waals surface area (Å²) in [7, 11) is 1.88. The molecular formula is C21H19N5O. The lowest BCUT2D eigenvalue weighted by Gasteiger charge is -2.07. The van der Waals surface area contributed by atoms with E-state index in [9.17, 15) is 0 Å². The monoisotopic (exact) mass is 357 g/mol. The van der Waals surface area contributed by atoms with Crippen LogP contribution >= 0.6 is 0 Å². The molecule has 4 aromatic rings. The molecule has 6 nitrogen and oxygen atoms in total. The van der Waals surface area contributed by atoms with Crippen LogP contribution in [0.25, 0.3) is 22.4 Å². The van der Waals surface area contributed by atoms with Crippen molar-refractivity contribution in [1.29, 1.82) is 0 Å². The second kappa shape index (κ2) is 7.37. The van der Waals surface area contributed by atoms with E-state index in [2.05, 4.69) is 20.1 Å². The average molecular weight is 357 g/mol. The molecule has 0 saturated heterocycles. The molecule has 1 aromatic carbocycles. The van der Waals surface area contributed by atoms with Crippen LogP contribution in [0, 0.1) is 6.92 Å². The number of benzene rings is 1. The third kappa shape index (κ3) is 3.84. The molecule has 0 saturated carbocycles. The minimum atomic E-state index is 0.439. The van der Waals surface area contributed by atoms with Gasteiger partial charge in [-0.2, -0.15) is 0 Å². The molecule has 0 spiro atoms. The Kier molecular flexibility index (Phi) is 4.61. The molecule has 0 bridgehead atoms. The van der Waals surface area contributed by atoms with E-state index in [0.717, 1.165) is 33.6 Å². The normalized spacial score (nSPS) is 10.7. The van der Waals surface area contributed by atoms with Gasteiger partial charge in [0.1, 0.15) is 6.61 Å². The van der Waals surface area contributed by atoms with Gasteiger partial charge in [-0.25, -0.2) is 0 Å². The molecule has 6 heteroatoms. The summed E-state index contributed by atoms with van der Waals surface area (Å²) in [5.41, 5.74) is 5.83. The Morgan fingerprint density at radius 1 is 0.926 bits per heavy atom. The Balaban J connectivity index is 1.49. The molecule has 0 aliphatic rings. The molecule has 4 rings (SSSR count). The van der Waals surface area contributed by atoms with E-state index in [1.807, 2.05) is 56.6 Å². The molecule has 27 heavy (non-hydrogen) atoms. The summed E-state index contributed by atoms with van der Waals surface area (Å²) >= 11 is 0. The third-order valence-corrected chi connectivity index (χ3v) is 4.19. The number of hydrogen-bond donors (Lipinski definition) is 0. The van der Waals surface area contributed by atoms with Gasteiger partial charge >= 0.3 is 0 Å². The molecule has 0 radical (unpaired) electrons. The van der Waals surface area contributed by atoms with Crippen molar-refractivity contribution in [3.05, 3.63) is 78.6 Å². The lowest BCUT2D eigenvalue weighted by Crippen LogP contribution is -1.98. The van der Waals surface area contributed by atoms with Gasteiger partial charge in [-0.1, -0.05) is 24.3 Å². The fourth-order valence-corrected chi connectivity index (χ4v) is 2.77. The quantitative estimate of drug-likeness (QED) is 0.543. The highest BCUT2D eigenvalue weighted by molar-refractivity contribution is 5.67. The third-order valence-electron chi connectivity index (χ3n) is 4.19. The maximum Gasteiger partial charge on any atom is 0.241 e. The number of pyridine rings is 1. The van der Waals surface area contributed by atoms with Crippen LogP contribution in [0.3, 0.4) is 0 Å². The Labute approximate surface area is 157 Å².